The first-order valence-corrected chi connectivity index (χ1v) is 7.18. The van der Waals surface area contributed by atoms with E-state index in [0.717, 1.165) is 6.42 Å². The van der Waals surface area contributed by atoms with Crippen molar-refractivity contribution in [1.82, 2.24) is 5.32 Å². The Hall–Kier alpha value is -1.51. The van der Waals surface area contributed by atoms with E-state index in [4.69, 9.17) is 0 Å². The lowest BCUT2D eigenvalue weighted by Gasteiger charge is -2.34. The number of aromatic hydroxyl groups is 1. The topological polar surface area (TPSA) is 49.3 Å². The highest BCUT2D eigenvalue weighted by atomic mass is 16.3. The standard InChI is InChI=1S/C16H23NO2/c1-11(2)14-8-3-4-9-15(14)17-16(19)12-6-5-7-13(18)10-12/h5-7,10-11,14-15,18H,3-4,8-9H2,1-2H3,(H,17,19). The molecule has 3 nitrogen and oxygen atoms in total. The second-order valence-electron chi connectivity index (χ2n) is 5.82. The normalized spacial score (nSPS) is 23.3. The molecule has 1 saturated carbocycles. The number of amides is 1. The molecule has 19 heavy (non-hydrogen) atoms. The molecule has 0 radical (unpaired) electrons. The number of carbonyl (C=O) groups is 1. The summed E-state index contributed by atoms with van der Waals surface area (Å²) in [7, 11) is 0. The van der Waals surface area contributed by atoms with Gasteiger partial charge in [0, 0.05) is 11.6 Å². The van der Waals surface area contributed by atoms with Crippen molar-refractivity contribution < 1.29 is 9.90 Å². The first-order chi connectivity index (χ1) is 9.08. The van der Waals surface area contributed by atoms with E-state index in [-0.39, 0.29) is 17.7 Å². The van der Waals surface area contributed by atoms with Crippen LogP contribution in [-0.4, -0.2) is 17.1 Å². The summed E-state index contributed by atoms with van der Waals surface area (Å²) in [6.07, 6.45) is 4.71. The van der Waals surface area contributed by atoms with E-state index in [1.54, 1.807) is 18.2 Å². The summed E-state index contributed by atoms with van der Waals surface area (Å²) < 4.78 is 0. The predicted octanol–water partition coefficient (Wildman–Crippen LogP) is 3.34. The van der Waals surface area contributed by atoms with Crippen LogP contribution >= 0.6 is 0 Å². The molecule has 0 bridgehead atoms. The lowest BCUT2D eigenvalue weighted by Crippen LogP contribution is -2.43. The summed E-state index contributed by atoms with van der Waals surface area (Å²) in [4.78, 5) is 12.2. The molecule has 2 atom stereocenters. The molecule has 1 aromatic rings. The Balaban J connectivity index is 2.04. The average Bonchev–Trinajstić information content (AvgIpc) is 2.39. The van der Waals surface area contributed by atoms with Gasteiger partial charge in [0.15, 0.2) is 0 Å². The predicted molar refractivity (Wildman–Crippen MR) is 76.2 cm³/mol. The van der Waals surface area contributed by atoms with Crippen molar-refractivity contribution in [1.29, 1.82) is 0 Å². The van der Waals surface area contributed by atoms with Crippen LogP contribution in [0.5, 0.6) is 5.75 Å². The molecule has 2 rings (SSSR count). The molecule has 2 N–H and O–H groups in total. The molecule has 0 aliphatic heterocycles. The highest BCUT2D eigenvalue weighted by molar-refractivity contribution is 5.94. The highest BCUT2D eigenvalue weighted by Gasteiger charge is 2.28. The van der Waals surface area contributed by atoms with Crippen LogP contribution in [0.2, 0.25) is 0 Å². The van der Waals surface area contributed by atoms with E-state index < -0.39 is 0 Å². The minimum atomic E-state index is -0.0755. The number of phenols is 1. The Morgan fingerprint density at radius 1 is 1.32 bits per heavy atom. The summed E-state index contributed by atoms with van der Waals surface area (Å²) in [5.74, 6) is 1.22. The van der Waals surface area contributed by atoms with Crippen molar-refractivity contribution in [3.05, 3.63) is 29.8 Å². The first-order valence-electron chi connectivity index (χ1n) is 7.18. The van der Waals surface area contributed by atoms with E-state index in [1.807, 2.05) is 0 Å². The molecule has 1 aliphatic rings. The van der Waals surface area contributed by atoms with Gasteiger partial charge in [0.25, 0.3) is 5.91 Å². The minimum Gasteiger partial charge on any atom is -0.508 e. The number of nitrogens with one attached hydrogen (secondary N) is 1. The largest absolute Gasteiger partial charge is 0.508 e. The summed E-state index contributed by atoms with van der Waals surface area (Å²) in [5.41, 5.74) is 0.535. The van der Waals surface area contributed by atoms with Crippen LogP contribution in [0.1, 0.15) is 49.9 Å². The van der Waals surface area contributed by atoms with E-state index in [0.29, 0.717) is 17.4 Å². The monoisotopic (exact) mass is 261 g/mol. The number of carbonyl (C=O) groups excluding carboxylic acids is 1. The fourth-order valence-corrected chi connectivity index (χ4v) is 3.04. The van der Waals surface area contributed by atoms with E-state index in [2.05, 4.69) is 19.2 Å². The minimum absolute atomic E-state index is 0.0755. The molecule has 1 amide bonds. The Labute approximate surface area is 115 Å². The zero-order chi connectivity index (χ0) is 13.8. The SMILES string of the molecule is CC(C)C1CCCCC1NC(=O)c1cccc(O)c1. The van der Waals surface area contributed by atoms with Gasteiger partial charge in [0.1, 0.15) is 5.75 Å². The summed E-state index contributed by atoms with van der Waals surface area (Å²) in [6, 6.07) is 6.80. The molecule has 2 unspecified atom stereocenters. The van der Waals surface area contributed by atoms with Crippen molar-refractivity contribution in [2.45, 2.75) is 45.6 Å². The average molecular weight is 261 g/mol. The van der Waals surface area contributed by atoms with E-state index in [9.17, 15) is 9.90 Å². The maximum Gasteiger partial charge on any atom is 0.251 e. The van der Waals surface area contributed by atoms with Gasteiger partial charge in [-0.25, -0.2) is 0 Å². The van der Waals surface area contributed by atoms with Crippen LogP contribution in [0.4, 0.5) is 0 Å². The van der Waals surface area contributed by atoms with Gasteiger partial charge in [-0.1, -0.05) is 32.8 Å². The van der Waals surface area contributed by atoms with Crippen LogP contribution in [0.3, 0.4) is 0 Å². The third-order valence-electron chi connectivity index (χ3n) is 4.10. The molecule has 1 fully saturated rings. The van der Waals surface area contributed by atoms with Gasteiger partial charge in [-0.2, -0.15) is 0 Å². The van der Waals surface area contributed by atoms with Crippen LogP contribution in [0, 0.1) is 11.8 Å². The van der Waals surface area contributed by atoms with Gasteiger partial charge in [-0.3, -0.25) is 4.79 Å². The molecular weight excluding hydrogens is 238 g/mol. The van der Waals surface area contributed by atoms with E-state index in [1.165, 1.54) is 25.3 Å². The summed E-state index contributed by atoms with van der Waals surface area (Å²) in [5, 5.41) is 12.6. The molecule has 0 aromatic heterocycles. The third kappa shape index (κ3) is 3.49. The highest BCUT2D eigenvalue weighted by Crippen LogP contribution is 2.30. The Morgan fingerprint density at radius 3 is 2.74 bits per heavy atom. The fourth-order valence-electron chi connectivity index (χ4n) is 3.04. The molecule has 0 heterocycles. The van der Waals surface area contributed by atoms with Crippen LogP contribution in [-0.2, 0) is 0 Å². The quantitative estimate of drug-likeness (QED) is 0.876. The first kappa shape index (κ1) is 13.9. The number of benzene rings is 1. The van der Waals surface area contributed by atoms with Crippen molar-refractivity contribution in [3.8, 4) is 5.75 Å². The third-order valence-corrected chi connectivity index (χ3v) is 4.10. The fraction of sp³-hybridized carbons (Fsp3) is 0.562. The lowest BCUT2D eigenvalue weighted by atomic mass is 9.78. The van der Waals surface area contributed by atoms with Gasteiger partial charge in [-0.05, 0) is 42.9 Å². The molecular formula is C16H23NO2. The molecule has 3 heteroatoms. The van der Waals surface area contributed by atoms with Crippen molar-refractivity contribution in [2.24, 2.45) is 11.8 Å². The second-order valence-corrected chi connectivity index (χ2v) is 5.82. The number of hydrogen-bond acceptors (Lipinski definition) is 2. The Bertz CT molecular complexity index is 442. The van der Waals surface area contributed by atoms with Gasteiger partial charge in [0.05, 0.1) is 0 Å². The maximum atomic E-state index is 12.2. The van der Waals surface area contributed by atoms with Gasteiger partial charge >= 0.3 is 0 Å². The van der Waals surface area contributed by atoms with Crippen LogP contribution in [0.15, 0.2) is 24.3 Å². The van der Waals surface area contributed by atoms with Crippen molar-refractivity contribution in [3.63, 3.8) is 0 Å². The van der Waals surface area contributed by atoms with Gasteiger partial charge in [-0.15, -0.1) is 0 Å². The Morgan fingerprint density at radius 2 is 2.05 bits per heavy atom. The number of hydrogen-bond donors (Lipinski definition) is 2. The van der Waals surface area contributed by atoms with E-state index >= 15 is 0 Å². The summed E-state index contributed by atoms with van der Waals surface area (Å²) >= 11 is 0. The Kier molecular flexibility index (Phi) is 4.46. The van der Waals surface area contributed by atoms with Crippen molar-refractivity contribution >= 4 is 5.91 Å². The number of rotatable bonds is 3. The zero-order valence-corrected chi connectivity index (χ0v) is 11.7. The zero-order valence-electron chi connectivity index (χ0n) is 11.7. The van der Waals surface area contributed by atoms with Gasteiger partial charge < -0.3 is 10.4 Å². The lowest BCUT2D eigenvalue weighted by molar-refractivity contribution is 0.0888. The molecule has 0 spiro atoms. The molecule has 1 aliphatic carbocycles. The molecule has 104 valence electrons. The maximum absolute atomic E-state index is 12.2. The smallest absolute Gasteiger partial charge is 0.251 e. The summed E-state index contributed by atoms with van der Waals surface area (Å²) in [6.45, 7) is 4.45. The van der Waals surface area contributed by atoms with Crippen LogP contribution in [0.25, 0.3) is 0 Å². The van der Waals surface area contributed by atoms with Gasteiger partial charge in [0.2, 0.25) is 0 Å². The molecule has 0 saturated heterocycles. The van der Waals surface area contributed by atoms with Crippen molar-refractivity contribution in [2.75, 3.05) is 0 Å². The second kappa shape index (κ2) is 6.09. The number of phenolic OH excluding ortho intramolecular Hbond substituents is 1. The van der Waals surface area contributed by atoms with Crippen LogP contribution < -0.4 is 5.32 Å². The molecule has 1 aromatic carbocycles.